The highest BCUT2D eigenvalue weighted by Gasteiger charge is 2.22. The average molecular weight is 158 g/mol. The van der Waals surface area contributed by atoms with Crippen LogP contribution < -0.4 is 5.32 Å². The fourth-order valence-corrected chi connectivity index (χ4v) is 1.23. The summed E-state index contributed by atoms with van der Waals surface area (Å²) in [6.07, 6.45) is -0.223. The maximum absolute atomic E-state index is 11.1. The van der Waals surface area contributed by atoms with E-state index >= 15 is 0 Å². The predicted molar refractivity (Wildman–Crippen MR) is 41.4 cm³/mol. The Morgan fingerprint density at radius 1 is 1.73 bits per heavy atom. The van der Waals surface area contributed by atoms with Gasteiger partial charge in [0.15, 0.2) is 0 Å². The van der Waals surface area contributed by atoms with Crippen LogP contribution >= 0.6 is 0 Å². The highest BCUT2D eigenvalue weighted by atomic mass is 16.5. The standard InChI is InChI=1S/C7H14N2O2/c1-6-5-8-3-4-9(6)7(10)11-2/h6,8H,3-5H2,1-2H3/t6-/m1/s1. The van der Waals surface area contributed by atoms with Gasteiger partial charge in [-0.2, -0.15) is 0 Å². The number of rotatable bonds is 0. The quantitative estimate of drug-likeness (QED) is 0.541. The minimum Gasteiger partial charge on any atom is -0.453 e. The molecule has 1 aliphatic heterocycles. The van der Waals surface area contributed by atoms with Crippen LogP contribution in [0.2, 0.25) is 0 Å². The number of ether oxygens (including phenoxy) is 1. The lowest BCUT2D eigenvalue weighted by molar-refractivity contribution is 0.0990. The SMILES string of the molecule is COC(=O)N1CCNC[C@H]1C. The van der Waals surface area contributed by atoms with Crippen molar-refractivity contribution in [2.75, 3.05) is 26.7 Å². The molecule has 0 aromatic carbocycles. The van der Waals surface area contributed by atoms with Gasteiger partial charge in [-0.1, -0.05) is 0 Å². The van der Waals surface area contributed by atoms with Crippen LogP contribution in [0, 0.1) is 0 Å². The molecule has 4 nitrogen and oxygen atoms in total. The molecule has 0 aliphatic carbocycles. The Labute approximate surface area is 66.5 Å². The second-order valence-corrected chi connectivity index (χ2v) is 2.72. The first kappa shape index (κ1) is 8.33. The van der Waals surface area contributed by atoms with Crippen molar-refractivity contribution < 1.29 is 9.53 Å². The van der Waals surface area contributed by atoms with Gasteiger partial charge in [0, 0.05) is 25.7 Å². The van der Waals surface area contributed by atoms with Crippen molar-refractivity contribution in [1.29, 1.82) is 0 Å². The maximum Gasteiger partial charge on any atom is 0.409 e. The molecule has 1 amide bonds. The van der Waals surface area contributed by atoms with Gasteiger partial charge >= 0.3 is 6.09 Å². The minimum absolute atomic E-state index is 0.223. The summed E-state index contributed by atoms with van der Waals surface area (Å²) < 4.78 is 4.62. The summed E-state index contributed by atoms with van der Waals surface area (Å²) in [6, 6.07) is 0.246. The molecule has 0 radical (unpaired) electrons. The first-order valence-corrected chi connectivity index (χ1v) is 3.81. The van der Waals surface area contributed by atoms with E-state index in [9.17, 15) is 4.79 Å². The lowest BCUT2D eigenvalue weighted by atomic mass is 10.2. The summed E-state index contributed by atoms with van der Waals surface area (Å²) in [5, 5.41) is 3.19. The Balaban J connectivity index is 2.47. The fourth-order valence-electron chi connectivity index (χ4n) is 1.23. The number of amides is 1. The zero-order valence-electron chi connectivity index (χ0n) is 6.96. The molecule has 1 saturated heterocycles. The molecule has 0 spiro atoms. The molecule has 64 valence electrons. The van der Waals surface area contributed by atoms with E-state index in [1.165, 1.54) is 7.11 Å². The third-order valence-electron chi connectivity index (χ3n) is 1.91. The number of piperazine rings is 1. The minimum atomic E-state index is -0.223. The number of nitrogens with zero attached hydrogens (tertiary/aromatic N) is 1. The summed E-state index contributed by atoms with van der Waals surface area (Å²) >= 11 is 0. The predicted octanol–water partition coefficient (Wildman–Crippen LogP) is 0.0465. The molecule has 1 aliphatic rings. The maximum atomic E-state index is 11.1. The molecule has 4 heteroatoms. The first-order chi connectivity index (χ1) is 5.25. The Hall–Kier alpha value is -0.770. The molecule has 1 fully saturated rings. The van der Waals surface area contributed by atoms with E-state index in [4.69, 9.17) is 0 Å². The number of hydrogen-bond acceptors (Lipinski definition) is 3. The van der Waals surface area contributed by atoms with E-state index in [1.54, 1.807) is 4.90 Å². The number of carbonyl (C=O) groups excluding carboxylic acids is 1. The van der Waals surface area contributed by atoms with Crippen LogP contribution in [-0.4, -0.2) is 43.8 Å². The normalized spacial score (nSPS) is 24.9. The van der Waals surface area contributed by atoms with Crippen LogP contribution in [0.3, 0.4) is 0 Å². The molecular weight excluding hydrogens is 144 g/mol. The Morgan fingerprint density at radius 3 is 3.00 bits per heavy atom. The molecule has 0 unspecified atom stereocenters. The lowest BCUT2D eigenvalue weighted by Crippen LogP contribution is -2.52. The summed E-state index contributed by atoms with van der Waals surface area (Å²) in [7, 11) is 1.41. The van der Waals surface area contributed by atoms with E-state index in [2.05, 4.69) is 10.1 Å². The monoisotopic (exact) mass is 158 g/mol. The van der Waals surface area contributed by atoms with Crippen LogP contribution in [0.1, 0.15) is 6.92 Å². The number of hydrogen-bond donors (Lipinski definition) is 1. The van der Waals surface area contributed by atoms with Crippen molar-refractivity contribution in [3.8, 4) is 0 Å². The number of nitrogens with one attached hydrogen (secondary N) is 1. The third kappa shape index (κ3) is 1.83. The second-order valence-electron chi connectivity index (χ2n) is 2.72. The van der Waals surface area contributed by atoms with Crippen LogP contribution in [0.25, 0.3) is 0 Å². The Bertz CT molecular complexity index is 149. The molecular formula is C7H14N2O2. The zero-order valence-corrected chi connectivity index (χ0v) is 6.96. The first-order valence-electron chi connectivity index (χ1n) is 3.81. The topological polar surface area (TPSA) is 41.6 Å². The summed E-state index contributed by atoms with van der Waals surface area (Å²) in [5.74, 6) is 0. The van der Waals surface area contributed by atoms with Gasteiger partial charge in [-0.15, -0.1) is 0 Å². The van der Waals surface area contributed by atoms with Gasteiger partial charge in [0.05, 0.1) is 7.11 Å². The van der Waals surface area contributed by atoms with Crippen LogP contribution in [0.4, 0.5) is 4.79 Å². The fraction of sp³-hybridized carbons (Fsp3) is 0.857. The molecule has 0 saturated carbocycles. The lowest BCUT2D eigenvalue weighted by Gasteiger charge is -2.32. The van der Waals surface area contributed by atoms with Gasteiger partial charge < -0.3 is 15.0 Å². The Kier molecular flexibility index (Phi) is 2.70. The van der Waals surface area contributed by atoms with E-state index in [1.807, 2.05) is 6.92 Å². The summed E-state index contributed by atoms with van der Waals surface area (Å²) in [5.41, 5.74) is 0. The molecule has 1 atom stereocenters. The molecule has 0 aromatic rings. The van der Waals surface area contributed by atoms with Gasteiger partial charge in [-0.25, -0.2) is 4.79 Å². The van der Waals surface area contributed by atoms with Crippen molar-refractivity contribution in [1.82, 2.24) is 10.2 Å². The van der Waals surface area contributed by atoms with E-state index in [-0.39, 0.29) is 12.1 Å². The van der Waals surface area contributed by atoms with Gasteiger partial charge in [0.1, 0.15) is 0 Å². The van der Waals surface area contributed by atoms with Crippen LogP contribution in [0.5, 0.6) is 0 Å². The van der Waals surface area contributed by atoms with Crippen LogP contribution in [-0.2, 0) is 4.74 Å². The highest BCUT2D eigenvalue weighted by Crippen LogP contribution is 2.03. The van der Waals surface area contributed by atoms with Gasteiger partial charge in [0.2, 0.25) is 0 Å². The average Bonchev–Trinajstić information content (AvgIpc) is 2.04. The third-order valence-corrected chi connectivity index (χ3v) is 1.91. The number of carbonyl (C=O) groups is 1. The van der Waals surface area contributed by atoms with Crippen molar-refractivity contribution in [3.05, 3.63) is 0 Å². The van der Waals surface area contributed by atoms with E-state index < -0.39 is 0 Å². The van der Waals surface area contributed by atoms with Gasteiger partial charge in [-0.05, 0) is 6.92 Å². The molecule has 1 N–H and O–H groups in total. The van der Waals surface area contributed by atoms with Gasteiger partial charge in [-0.3, -0.25) is 0 Å². The number of methoxy groups -OCH3 is 1. The smallest absolute Gasteiger partial charge is 0.409 e. The molecule has 1 rings (SSSR count). The molecule has 0 aromatic heterocycles. The molecule has 1 heterocycles. The van der Waals surface area contributed by atoms with Crippen molar-refractivity contribution in [2.45, 2.75) is 13.0 Å². The van der Waals surface area contributed by atoms with E-state index in [0.717, 1.165) is 19.6 Å². The second kappa shape index (κ2) is 3.57. The van der Waals surface area contributed by atoms with Crippen molar-refractivity contribution in [2.24, 2.45) is 0 Å². The van der Waals surface area contributed by atoms with Crippen molar-refractivity contribution >= 4 is 6.09 Å². The van der Waals surface area contributed by atoms with Gasteiger partial charge in [0.25, 0.3) is 0 Å². The highest BCUT2D eigenvalue weighted by molar-refractivity contribution is 5.67. The van der Waals surface area contributed by atoms with E-state index in [0.29, 0.717) is 0 Å². The Morgan fingerprint density at radius 2 is 2.45 bits per heavy atom. The summed E-state index contributed by atoms with van der Waals surface area (Å²) in [4.78, 5) is 12.8. The zero-order chi connectivity index (χ0) is 8.27. The van der Waals surface area contributed by atoms with Crippen molar-refractivity contribution in [3.63, 3.8) is 0 Å². The largest absolute Gasteiger partial charge is 0.453 e. The molecule has 11 heavy (non-hydrogen) atoms. The van der Waals surface area contributed by atoms with Crippen LogP contribution in [0.15, 0.2) is 0 Å². The molecule has 0 bridgehead atoms. The summed E-state index contributed by atoms with van der Waals surface area (Å²) in [6.45, 7) is 4.46.